The van der Waals surface area contributed by atoms with Gasteiger partial charge < -0.3 is 15.4 Å². The number of nitrogens with one attached hydrogen (secondary N) is 2. The number of ether oxygens (including phenoxy) is 1. The lowest BCUT2D eigenvalue weighted by Crippen LogP contribution is -2.28. The smallest absolute Gasteiger partial charge is 0.258 e. The maximum atomic E-state index is 11.4. The Kier molecular flexibility index (Phi) is 7.00. The van der Waals surface area contributed by atoms with Crippen molar-refractivity contribution in [2.75, 3.05) is 19.7 Å². The van der Waals surface area contributed by atoms with Gasteiger partial charge in [-0.05, 0) is 24.2 Å². The predicted molar refractivity (Wildman–Crippen MR) is 77.5 cm³/mol. The van der Waals surface area contributed by atoms with Gasteiger partial charge in [0.1, 0.15) is 5.75 Å². The lowest BCUT2D eigenvalue weighted by Gasteiger charge is -2.09. The second-order valence-electron chi connectivity index (χ2n) is 3.93. The number of amides is 1. The first kappa shape index (κ1) is 15.5. The standard InChI is InChI=1S/C14H19ClN2O2/c1-3-7-17-14(18)10-19-13-6-5-11(8-12(13)15)9-16-4-2/h3,5-6,8,16H,1,4,7,9-10H2,2H3,(H,17,18). The van der Waals surface area contributed by atoms with Crippen molar-refractivity contribution in [2.24, 2.45) is 0 Å². The number of hydrogen-bond acceptors (Lipinski definition) is 3. The summed E-state index contributed by atoms with van der Waals surface area (Å²) in [7, 11) is 0. The summed E-state index contributed by atoms with van der Waals surface area (Å²) in [5, 5.41) is 6.34. The molecule has 4 nitrogen and oxygen atoms in total. The van der Waals surface area contributed by atoms with Crippen LogP contribution in [0, 0.1) is 0 Å². The molecule has 5 heteroatoms. The fraction of sp³-hybridized carbons (Fsp3) is 0.357. The Morgan fingerprint density at radius 1 is 1.53 bits per heavy atom. The van der Waals surface area contributed by atoms with E-state index in [9.17, 15) is 4.79 Å². The molecule has 0 saturated carbocycles. The van der Waals surface area contributed by atoms with Crippen molar-refractivity contribution in [3.63, 3.8) is 0 Å². The molecule has 0 aliphatic heterocycles. The number of carbonyl (C=O) groups is 1. The molecule has 2 N–H and O–H groups in total. The lowest BCUT2D eigenvalue weighted by atomic mass is 10.2. The number of hydrogen-bond donors (Lipinski definition) is 2. The highest BCUT2D eigenvalue weighted by Crippen LogP contribution is 2.25. The summed E-state index contributed by atoms with van der Waals surface area (Å²) in [5.41, 5.74) is 1.08. The Labute approximate surface area is 118 Å². The van der Waals surface area contributed by atoms with E-state index in [1.54, 1.807) is 12.1 Å². The molecule has 0 bridgehead atoms. The zero-order valence-corrected chi connectivity index (χ0v) is 11.8. The average Bonchev–Trinajstić information content (AvgIpc) is 2.41. The molecular weight excluding hydrogens is 264 g/mol. The van der Waals surface area contributed by atoms with E-state index >= 15 is 0 Å². The SMILES string of the molecule is C=CCNC(=O)COc1ccc(CNCC)cc1Cl. The van der Waals surface area contributed by atoms with Crippen LogP contribution in [0.3, 0.4) is 0 Å². The summed E-state index contributed by atoms with van der Waals surface area (Å²) in [6.07, 6.45) is 1.61. The van der Waals surface area contributed by atoms with Crippen molar-refractivity contribution in [3.05, 3.63) is 41.4 Å². The fourth-order valence-corrected chi connectivity index (χ4v) is 1.68. The van der Waals surface area contributed by atoms with Gasteiger partial charge in [-0.25, -0.2) is 0 Å². The highest BCUT2D eigenvalue weighted by molar-refractivity contribution is 6.32. The van der Waals surface area contributed by atoms with Crippen molar-refractivity contribution in [1.29, 1.82) is 0 Å². The van der Waals surface area contributed by atoms with Crippen molar-refractivity contribution in [1.82, 2.24) is 10.6 Å². The van der Waals surface area contributed by atoms with Gasteiger partial charge in [-0.1, -0.05) is 30.7 Å². The highest BCUT2D eigenvalue weighted by Gasteiger charge is 2.06. The maximum Gasteiger partial charge on any atom is 0.258 e. The third-order valence-corrected chi connectivity index (χ3v) is 2.67. The molecule has 1 aromatic rings. The van der Waals surface area contributed by atoms with Crippen LogP contribution in [-0.2, 0) is 11.3 Å². The Morgan fingerprint density at radius 3 is 2.95 bits per heavy atom. The molecule has 0 fully saturated rings. The summed E-state index contributed by atoms with van der Waals surface area (Å²) >= 11 is 6.10. The van der Waals surface area contributed by atoms with Gasteiger partial charge in [0.15, 0.2) is 6.61 Å². The highest BCUT2D eigenvalue weighted by atomic mass is 35.5. The van der Waals surface area contributed by atoms with Crippen LogP contribution in [0.25, 0.3) is 0 Å². The second-order valence-corrected chi connectivity index (χ2v) is 4.33. The van der Waals surface area contributed by atoms with Crippen LogP contribution in [0.2, 0.25) is 5.02 Å². The molecule has 0 heterocycles. The molecule has 0 saturated heterocycles. The topological polar surface area (TPSA) is 50.4 Å². The monoisotopic (exact) mass is 282 g/mol. The Balaban J connectivity index is 2.50. The summed E-state index contributed by atoms with van der Waals surface area (Å²) in [4.78, 5) is 11.4. The van der Waals surface area contributed by atoms with Gasteiger partial charge in [-0.15, -0.1) is 6.58 Å². The minimum atomic E-state index is -0.201. The van der Waals surface area contributed by atoms with Crippen LogP contribution in [0.15, 0.2) is 30.9 Å². The van der Waals surface area contributed by atoms with Crippen molar-refractivity contribution in [3.8, 4) is 5.75 Å². The molecule has 0 radical (unpaired) electrons. The summed E-state index contributed by atoms with van der Waals surface area (Å²) in [6.45, 7) is 7.59. The van der Waals surface area contributed by atoms with Crippen LogP contribution >= 0.6 is 11.6 Å². The van der Waals surface area contributed by atoms with Gasteiger partial charge in [0.2, 0.25) is 0 Å². The predicted octanol–water partition coefficient (Wildman–Crippen LogP) is 2.13. The van der Waals surface area contributed by atoms with E-state index in [2.05, 4.69) is 17.2 Å². The van der Waals surface area contributed by atoms with E-state index in [-0.39, 0.29) is 12.5 Å². The van der Waals surface area contributed by atoms with E-state index in [1.165, 1.54) is 0 Å². The van der Waals surface area contributed by atoms with Crippen molar-refractivity contribution >= 4 is 17.5 Å². The van der Waals surface area contributed by atoms with Crippen molar-refractivity contribution < 1.29 is 9.53 Å². The Bertz CT molecular complexity index is 435. The Morgan fingerprint density at radius 2 is 2.32 bits per heavy atom. The molecule has 0 aliphatic rings. The second kappa shape index (κ2) is 8.56. The summed E-state index contributed by atoms with van der Waals surface area (Å²) < 4.78 is 5.36. The molecule has 0 aromatic heterocycles. The van der Waals surface area contributed by atoms with Gasteiger partial charge in [-0.3, -0.25) is 4.79 Å². The lowest BCUT2D eigenvalue weighted by molar-refractivity contribution is -0.122. The molecule has 1 amide bonds. The van der Waals surface area contributed by atoms with Crippen LogP contribution in [0.1, 0.15) is 12.5 Å². The summed E-state index contributed by atoms with van der Waals surface area (Å²) in [6, 6.07) is 5.53. The molecule has 0 atom stereocenters. The molecule has 1 rings (SSSR count). The van der Waals surface area contributed by atoms with Gasteiger partial charge in [0.05, 0.1) is 5.02 Å². The largest absolute Gasteiger partial charge is 0.482 e. The van der Waals surface area contributed by atoms with Crippen LogP contribution < -0.4 is 15.4 Å². The fourth-order valence-electron chi connectivity index (χ4n) is 1.42. The van der Waals surface area contributed by atoms with Crippen LogP contribution in [-0.4, -0.2) is 25.6 Å². The first-order valence-corrected chi connectivity index (χ1v) is 6.54. The van der Waals surface area contributed by atoms with Crippen LogP contribution in [0.4, 0.5) is 0 Å². The van der Waals surface area contributed by atoms with E-state index in [1.807, 2.05) is 19.1 Å². The number of benzene rings is 1. The molecular formula is C14H19ClN2O2. The van der Waals surface area contributed by atoms with Crippen molar-refractivity contribution in [2.45, 2.75) is 13.5 Å². The maximum absolute atomic E-state index is 11.4. The average molecular weight is 283 g/mol. The van der Waals surface area contributed by atoms with Gasteiger partial charge in [0, 0.05) is 13.1 Å². The summed E-state index contributed by atoms with van der Waals surface area (Å²) in [5.74, 6) is 0.309. The molecule has 1 aromatic carbocycles. The van der Waals surface area contributed by atoms with E-state index in [0.29, 0.717) is 17.3 Å². The zero-order chi connectivity index (χ0) is 14.1. The quantitative estimate of drug-likeness (QED) is 0.718. The first-order valence-electron chi connectivity index (χ1n) is 6.17. The van der Waals surface area contributed by atoms with Crippen LogP contribution in [0.5, 0.6) is 5.75 Å². The molecule has 19 heavy (non-hydrogen) atoms. The Hall–Kier alpha value is -1.52. The third-order valence-electron chi connectivity index (χ3n) is 2.38. The normalized spacial score (nSPS) is 10.0. The zero-order valence-electron chi connectivity index (χ0n) is 11.0. The molecule has 0 spiro atoms. The van der Waals surface area contributed by atoms with E-state index < -0.39 is 0 Å². The molecule has 104 valence electrons. The number of carbonyl (C=O) groups excluding carboxylic acids is 1. The minimum absolute atomic E-state index is 0.0554. The minimum Gasteiger partial charge on any atom is -0.482 e. The van der Waals surface area contributed by atoms with Gasteiger partial charge >= 0.3 is 0 Å². The first-order chi connectivity index (χ1) is 9.17. The number of rotatable bonds is 8. The van der Waals surface area contributed by atoms with E-state index in [0.717, 1.165) is 18.7 Å². The molecule has 0 aliphatic carbocycles. The van der Waals surface area contributed by atoms with E-state index in [4.69, 9.17) is 16.3 Å². The van der Waals surface area contributed by atoms with Gasteiger partial charge in [-0.2, -0.15) is 0 Å². The molecule has 0 unspecified atom stereocenters. The third kappa shape index (κ3) is 5.77. The number of halogens is 1. The van der Waals surface area contributed by atoms with Gasteiger partial charge in [0.25, 0.3) is 5.91 Å².